The fraction of sp³-hybridized carbons (Fsp3) is 0.174. The Morgan fingerprint density at radius 1 is 1.19 bits per heavy atom. The van der Waals surface area contributed by atoms with Crippen molar-refractivity contribution in [3.8, 4) is 5.75 Å². The van der Waals surface area contributed by atoms with Crippen LogP contribution in [0.3, 0.4) is 0 Å². The molecule has 1 fully saturated rings. The lowest BCUT2D eigenvalue weighted by atomic mass is 10.1. The van der Waals surface area contributed by atoms with Gasteiger partial charge in [-0.05, 0) is 73.1 Å². The highest BCUT2D eigenvalue weighted by atomic mass is 79.9. The third-order valence-corrected chi connectivity index (χ3v) is 5.98. The summed E-state index contributed by atoms with van der Waals surface area (Å²) in [6.07, 6.45) is 3.21. The van der Waals surface area contributed by atoms with Gasteiger partial charge < -0.3 is 10.1 Å². The number of hydrogen-bond acceptors (Lipinski definition) is 5. The molecular weight excluding hydrogens is 480 g/mol. The molecule has 160 valence electrons. The van der Waals surface area contributed by atoms with Gasteiger partial charge in [0.25, 0.3) is 11.1 Å². The first kappa shape index (κ1) is 22.8. The number of benzene rings is 2. The van der Waals surface area contributed by atoms with Crippen LogP contribution in [-0.4, -0.2) is 35.1 Å². The van der Waals surface area contributed by atoms with Gasteiger partial charge in [0.15, 0.2) is 0 Å². The van der Waals surface area contributed by atoms with Gasteiger partial charge in [0.05, 0.1) is 4.91 Å². The fourth-order valence-electron chi connectivity index (χ4n) is 2.85. The maximum absolute atomic E-state index is 12.8. The topological polar surface area (TPSA) is 75.7 Å². The Balaban J connectivity index is 1.75. The highest BCUT2D eigenvalue weighted by Gasteiger charge is 2.36. The molecule has 6 nitrogen and oxygen atoms in total. The molecule has 8 heteroatoms. The molecular formula is C23H21BrN2O4S. The average molecular weight is 501 g/mol. The van der Waals surface area contributed by atoms with Crippen molar-refractivity contribution in [1.82, 2.24) is 4.90 Å². The monoisotopic (exact) mass is 500 g/mol. The van der Waals surface area contributed by atoms with Crippen LogP contribution in [0.5, 0.6) is 5.75 Å². The van der Waals surface area contributed by atoms with E-state index in [1.165, 1.54) is 0 Å². The summed E-state index contributed by atoms with van der Waals surface area (Å²) in [5.41, 5.74) is 3.41. The number of carbonyl (C=O) groups is 3. The smallest absolute Gasteiger partial charge is 0.294 e. The maximum atomic E-state index is 12.8. The molecule has 3 amide bonds. The second-order valence-electron chi connectivity index (χ2n) is 6.90. The van der Waals surface area contributed by atoms with E-state index in [4.69, 9.17) is 4.74 Å². The molecule has 0 spiro atoms. The van der Waals surface area contributed by atoms with E-state index < -0.39 is 17.1 Å². The molecule has 1 aliphatic rings. The molecule has 2 aromatic rings. The average Bonchev–Trinajstić information content (AvgIpc) is 2.97. The van der Waals surface area contributed by atoms with Crippen LogP contribution in [0.2, 0.25) is 0 Å². The number of nitrogens with zero attached hydrogens (tertiary/aromatic N) is 1. The van der Waals surface area contributed by atoms with Gasteiger partial charge in [-0.15, -0.1) is 0 Å². The maximum Gasteiger partial charge on any atom is 0.294 e. The van der Waals surface area contributed by atoms with Crippen molar-refractivity contribution in [3.05, 3.63) is 75.1 Å². The molecule has 0 aromatic heterocycles. The number of ether oxygens (including phenoxy) is 1. The van der Waals surface area contributed by atoms with Gasteiger partial charge in [0, 0.05) is 15.7 Å². The first-order valence-electron chi connectivity index (χ1n) is 9.44. The van der Waals surface area contributed by atoms with Gasteiger partial charge in [0.1, 0.15) is 18.9 Å². The largest absolute Gasteiger partial charge is 0.489 e. The van der Waals surface area contributed by atoms with E-state index in [1.807, 2.05) is 32.0 Å². The lowest BCUT2D eigenvalue weighted by molar-refractivity contribution is -0.127. The van der Waals surface area contributed by atoms with Crippen molar-refractivity contribution in [2.75, 3.05) is 18.5 Å². The van der Waals surface area contributed by atoms with Crippen LogP contribution in [-0.2, 0) is 9.59 Å². The Morgan fingerprint density at radius 3 is 2.68 bits per heavy atom. The van der Waals surface area contributed by atoms with Crippen molar-refractivity contribution in [2.24, 2.45) is 0 Å². The SMILES string of the molecule is C=CCOc1ccc(Br)cc1/C=C1/SC(=O)N(CC(=O)Nc2ccc(C)c(C)c2)C1=O. The van der Waals surface area contributed by atoms with Crippen LogP contribution in [0.25, 0.3) is 6.08 Å². The highest BCUT2D eigenvalue weighted by molar-refractivity contribution is 9.10. The number of aryl methyl sites for hydroxylation is 2. The number of imide groups is 1. The fourth-order valence-corrected chi connectivity index (χ4v) is 4.06. The zero-order valence-electron chi connectivity index (χ0n) is 17.1. The number of anilines is 1. The van der Waals surface area contributed by atoms with Crippen LogP contribution in [0, 0.1) is 13.8 Å². The Bertz CT molecular complexity index is 1100. The number of carbonyl (C=O) groups excluding carboxylic acids is 3. The Hall–Kier alpha value is -2.84. The summed E-state index contributed by atoms with van der Waals surface area (Å²) in [7, 11) is 0. The third-order valence-electron chi connectivity index (χ3n) is 4.58. The van der Waals surface area contributed by atoms with E-state index in [9.17, 15) is 14.4 Å². The van der Waals surface area contributed by atoms with Crippen molar-refractivity contribution >= 4 is 56.5 Å². The predicted molar refractivity (Wildman–Crippen MR) is 127 cm³/mol. The van der Waals surface area contributed by atoms with Gasteiger partial charge in [-0.3, -0.25) is 19.3 Å². The number of halogens is 1. The van der Waals surface area contributed by atoms with Gasteiger partial charge in [-0.2, -0.15) is 0 Å². The van der Waals surface area contributed by atoms with Crippen LogP contribution >= 0.6 is 27.7 Å². The third kappa shape index (κ3) is 5.65. The van der Waals surface area contributed by atoms with Crippen molar-refractivity contribution in [3.63, 3.8) is 0 Å². The quantitative estimate of drug-likeness (QED) is 0.412. The van der Waals surface area contributed by atoms with Crippen LogP contribution in [0.15, 0.2) is 58.4 Å². The molecule has 31 heavy (non-hydrogen) atoms. The Kier molecular flexibility index (Phi) is 7.35. The molecule has 2 aromatic carbocycles. The second-order valence-corrected chi connectivity index (χ2v) is 8.81. The normalized spacial score (nSPS) is 14.8. The number of hydrogen-bond donors (Lipinski definition) is 1. The lowest BCUT2D eigenvalue weighted by Gasteiger charge is -2.13. The van der Waals surface area contributed by atoms with Crippen LogP contribution in [0.4, 0.5) is 10.5 Å². The first-order valence-corrected chi connectivity index (χ1v) is 11.0. The summed E-state index contributed by atoms with van der Waals surface area (Å²) < 4.78 is 6.43. The summed E-state index contributed by atoms with van der Waals surface area (Å²) in [5, 5.41) is 2.24. The number of thioether (sulfide) groups is 1. The van der Waals surface area contributed by atoms with Crippen molar-refractivity contribution in [2.45, 2.75) is 13.8 Å². The molecule has 1 aliphatic heterocycles. The zero-order valence-corrected chi connectivity index (χ0v) is 19.5. The molecule has 3 rings (SSSR count). The van der Waals surface area contributed by atoms with E-state index in [2.05, 4.69) is 27.8 Å². The molecule has 0 aliphatic carbocycles. The van der Waals surface area contributed by atoms with E-state index >= 15 is 0 Å². The number of nitrogens with one attached hydrogen (secondary N) is 1. The predicted octanol–water partition coefficient (Wildman–Crippen LogP) is 5.31. The molecule has 0 radical (unpaired) electrons. The summed E-state index contributed by atoms with van der Waals surface area (Å²) in [6.45, 7) is 7.51. The van der Waals surface area contributed by atoms with Gasteiger partial charge in [0.2, 0.25) is 5.91 Å². The van der Waals surface area contributed by atoms with E-state index in [0.717, 1.165) is 32.3 Å². The van der Waals surface area contributed by atoms with E-state index in [0.29, 0.717) is 23.6 Å². The second kappa shape index (κ2) is 9.98. The summed E-state index contributed by atoms with van der Waals surface area (Å²) in [5.74, 6) is -0.397. The zero-order chi connectivity index (χ0) is 22.5. The van der Waals surface area contributed by atoms with Crippen molar-refractivity contribution < 1.29 is 19.1 Å². The van der Waals surface area contributed by atoms with E-state index in [1.54, 1.807) is 30.4 Å². The molecule has 0 bridgehead atoms. The summed E-state index contributed by atoms with van der Waals surface area (Å²) in [4.78, 5) is 38.8. The minimum absolute atomic E-state index is 0.227. The van der Waals surface area contributed by atoms with Gasteiger partial charge >= 0.3 is 0 Å². The molecule has 0 saturated carbocycles. The lowest BCUT2D eigenvalue weighted by Crippen LogP contribution is -2.36. The van der Waals surface area contributed by atoms with Crippen LogP contribution in [0.1, 0.15) is 16.7 Å². The minimum Gasteiger partial charge on any atom is -0.489 e. The number of rotatable bonds is 7. The molecule has 1 N–H and O–H groups in total. The Morgan fingerprint density at radius 2 is 1.97 bits per heavy atom. The summed E-state index contributed by atoms with van der Waals surface area (Å²) >= 11 is 4.19. The van der Waals surface area contributed by atoms with Gasteiger partial charge in [-0.25, -0.2) is 0 Å². The van der Waals surface area contributed by atoms with Crippen LogP contribution < -0.4 is 10.1 Å². The molecule has 0 atom stereocenters. The first-order chi connectivity index (χ1) is 14.8. The number of amides is 3. The van der Waals surface area contributed by atoms with E-state index in [-0.39, 0.29) is 11.4 Å². The standard InChI is InChI=1S/C23H21BrN2O4S/c1-4-9-30-19-8-6-17(24)11-16(19)12-20-22(28)26(23(29)31-20)13-21(27)25-18-7-5-14(2)15(3)10-18/h4-8,10-12H,1,9,13H2,2-3H3,(H,25,27)/b20-12+. The minimum atomic E-state index is -0.514. The van der Waals surface area contributed by atoms with Crippen molar-refractivity contribution in [1.29, 1.82) is 0 Å². The molecule has 1 saturated heterocycles. The van der Waals surface area contributed by atoms with Gasteiger partial charge in [-0.1, -0.05) is 34.7 Å². The molecule has 0 unspecified atom stereocenters. The Labute approximate surface area is 193 Å². The highest BCUT2D eigenvalue weighted by Crippen LogP contribution is 2.34. The molecule has 1 heterocycles. The summed E-state index contributed by atoms with van der Waals surface area (Å²) in [6, 6.07) is 10.9.